The zero-order valence-electron chi connectivity index (χ0n) is 13.6. The van der Waals surface area contributed by atoms with Gasteiger partial charge >= 0.3 is 0 Å². The zero-order valence-corrected chi connectivity index (χ0v) is 13.6. The Hall–Kier alpha value is -0.0800. The molecule has 0 bridgehead atoms. The Morgan fingerprint density at radius 1 is 1.11 bits per heavy atom. The van der Waals surface area contributed by atoms with E-state index in [1.54, 1.807) is 0 Å². The van der Waals surface area contributed by atoms with Gasteiger partial charge < -0.3 is 5.32 Å². The lowest BCUT2D eigenvalue weighted by Crippen LogP contribution is -2.69. The van der Waals surface area contributed by atoms with Gasteiger partial charge in [0.15, 0.2) is 0 Å². The summed E-state index contributed by atoms with van der Waals surface area (Å²) in [7, 11) is 0. The van der Waals surface area contributed by atoms with Gasteiger partial charge in [0.2, 0.25) is 0 Å². The third-order valence-electron chi connectivity index (χ3n) is 5.82. The van der Waals surface area contributed by atoms with E-state index in [1.165, 1.54) is 64.6 Å². The highest BCUT2D eigenvalue weighted by Crippen LogP contribution is 2.40. The molecule has 112 valence electrons. The predicted molar refractivity (Wildman–Crippen MR) is 83.5 cm³/mol. The Morgan fingerprint density at radius 3 is 2.26 bits per heavy atom. The van der Waals surface area contributed by atoms with E-state index in [0.717, 1.165) is 5.92 Å². The molecule has 2 heteroatoms. The Bertz CT molecular complexity index is 275. The van der Waals surface area contributed by atoms with Crippen molar-refractivity contribution in [1.29, 1.82) is 0 Å². The molecule has 1 N–H and O–H groups in total. The SMILES string of the molecule is CCC1(CC)CN(CCC(C)C)C2(CCCC2)CN1. The van der Waals surface area contributed by atoms with Crippen molar-refractivity contribution in [3.63, 3.8) is 0 Å². The normalized spacial score (nSPS) is 26.4. The Labute approximate surface area is 120 Å². The molecule has 2 rings (SSSR count). The number of hydrogen-bond donors (Lipinski definition) is 1. The summed E-state index contributed by atoms with van der Waals surface area (Å²) in [5.74, 6) is 0.825. The van der Waals surface area contributed by atoms with Gasteiger partial charge in [-0.15, -0.1) is 0 Å². The molecule has 2 fully saturated rings. The molecular weight excluding hydrogens is 232 g/mol. The summed E-state index contributed by atoms with van der Waals surface area (Å²) in [5, 5.41) is 3.94. The van der Waals surface area contributed by atoms with Crippen LogP contribution in [0.25, 0.3) is 0 Å². The number of nitrogens with zero attached hydrogens (tertiary/aromatic N) is 1. The third-order valence-corrected chi connectivity index (χ3v) is 5.82. The molecule has 0 aromatic carbocycles. The monoisotopic (exact) mass is 266 g/mol. The van der Waals surface area contributed by atoms with Crippen molar-refractivity contribution in [2.45, 2.75) is 83.7 Å². The molecule has 1 saturated carbocycles. The number of rotatable bonds is 5. The van der Waals surface area contributed by atoms with E-state index in [1.807, 2.05) is 0 Å². The largest absolute Gasteiger partial charge is 0.308 e. The molecule has 0 unspecified atom stereocenters. The van der Waals surface area contributed by atoms with Gasteiger partial charge in [-0.1, -0.05) is 40.5 Å². The second-order valence-corrected chi connectivity index (χ2v) is 7.38. The fraction of sp³-hybridized carbons (Fsp3) is 1.00. The first kappa shape index (κ1) is 15.3. The van der Waals surface area contributed by atoms with Gasteiger partial charge in [0.1, 0.15) is 0 Å². The van der Waals surface area contributed by atoms with Gasteiger partial charge in [-0.25, -0.2) is 0 Å². The van der Waals surface area contributed by atoms with Crippen LogP contribution in [0.2, 0.25) is 0 Å². The van der Waals surface area contributed by atoms with Gasteiger partial charge in [-0.2, -0.15) is 0 Å². The Morgan fingerprint density at radius 2 is 1.74 bits per heavy atom. The standard InChI is InChI=1S/C17H34N2/c1-5-16(6-2)14-19(12-9-15(3)4)17(13-18-16)10-7-8-11-17/h15,18H,5-14H2,1-4H3. The zero-order chi connectivity index (χ0) is 13.9. The second-order valence-electron chi connectivity index (χ2n) is 7.38. The predicted octanol–water partition coefficient (Wildman–Crippen LogP) is 3.81. The fourth-order valence-electron chi connectivity index (χ4n) is 4.03. The van der Waals surface area contributed by atoms with Crippen LogP contribution in [0.15, 0.2) is 0 Å². The molecule has 2 aliphatic rings. The van der Waals surface area contributed by atoms with Crippen LogP contribution in [0, 0.1) is 5.92 Å². The summed E-state index contributed by atoms with van der Waals surface area (Å²) in [6, 6.07) is 0. The lowest BCUT2D eigenvalue weighted by Gasteiger charge is -2.53. The fourth-order valence-corrected chi connectivity index (χ4v) is 4.03. The summed E-state index contributed by atoms with van der Waals surface area (Å²) in [6.45, 7) is 13.2. The highest BCUT2D eigenvalue weighted by atomic mass is 15.3. The van der Waals surface area contributed by atoms with Crippen molar-refractivity contribution < 1.29 is 0 Å². The maximum atomic E-state index is 3.94. The quantitative estimate of drug-likeness (QED) is 0.814. The average Bonchev–Trinajstić information content (AvgIpc) is 2.88. The molecule has 1 heterocycles. The molecule has 0 amide bonds. The van der Waals surface area contributed by atoms with Crippen molar-refractivity contribution >= 4 is 0 Å². The molecule has 0 radical (unpaired) electrons. The highest BCUT2D eigenvalue weighted by molar-refractivity contribution is 5.06. The smallest absolute Gasteiger partial charge is 0.0334 e. The second kappa shape index (κ2) is 6.13. The van der Waals surface area contributed by atoms with E-state index in [9.17, 15) is 0 Å². The molecule has 1 aliphatic carbocycles. The molecule has 0 aromatic heterocycles. The highest BCUT2D eigenvalue weighted by Gasteiger charge is 2.46. The van der Waals surface area contributed by atoms with Crippen LogP contribution in [-0.4, -0.2) is 35.6 Å². The molecule has 1 aliphatic heterocycles. The van der Waals surface area contributed by atoms with Crippen LogP contribution < -0.4 is 5.32 Å². The van der Waals surface area contributed by atoms with Crippen LogP contribution in [0.5, 0.6) is 0 Å². The van der Waals surface area contributed by atoms with Crippen LogP contribution in [0.4, 0.5) is 0 Å². The van der Waals surface area contributed by atoms with E-state index in [0.29, 0.717) is 11.1 Å². The number of hydrogen-bond acceptors (Lipinski definition) is 2. The third kappa shape index (κ3) is 3.16. The summed E-state index contributed by atoms with van der Waals surface area (Å²) in [4.78, 5) is 2.88. The van der Waals surface area contributed by atoms with Crippen LogP contribution in [0.1, 0.15) is 72.6 Å². The molecule has 2 nitrogen and oxygen atoms in total. The summed E-state index contributed by atoms with van der Waals surface area (Å²) in [6.07, 6.45) is 9.58. The molecule has 0 aromatic rings. The van der Waals surface area contributed by atoms with Crippen molar-refractivity contribution in [3.8, 4) is 0 Å². The molecular formula is C17H34N2. The van der Waals surface area contributed by atoms with Crippen LogP contribution in [-0.2, 0) is 0 Å². The Kier molecular flexibility index (Phi) is 4.94. The van der Waals surface area contributed by atoms with Crippen LogP contribution >= 0.6 is 0 Å². The minimum atomic E-state index is 0.380. The number of nitrogens with one attached hydrogen (secondary N) is 1. The average molecular weight is 266 g/mol. The van der Waals surface area contributed by atoms with Crippen molar-refractivity contribution in [3.05, 3.63) is 0 Å². The topological polar surface area (TPSA) is 15.3 Å². The van der Waals surface area contributed by atoms with Gasteiger partial charge in [-0.05, 0) is 44.6 Å². The first-order chi connectivity index (χ1) is 9.06. The molecule has 1 spiro atoms. The van der Waals surface area contributed by atoms with E-state index in [4.69, 9.17) is 0 Å². The van der Waals surface area contributed by atoms with Gasteiger partial charge in [-0.3, -0.25) is 4.90 Å². The lowest BCUT2D eigenvalue weighted by atomic mass is 9.82. The van der Waals surface area contributed by atoms with Gasteiger partial charge in [0, 0.05) is 24.2 Å². The summed E-state index contributed by atoms with van der Waals surface area (Å²) in [5.41, 5.74) is 0.882. The van der Waals surface area contributed by atoms with E-state index >= 15 is 0 Å². The summed E-state index contributed by atoms with van der Waals surface area (Å²) < 4.78 is 0. The molecule has 19 heavy (non-hydrogen) atoms. The first-order valence-electron chi connectivity index (χ1n) is 8.56. The summed E-state index contributed by atoms with van der Waals surface area (Å²) >= 11 is 0. The minimum absolute atomic E-state index is 0.380. The lowest BCUT2D eigenvalue weighted by molar-refractivity contribution is 0.00147. The van der Waals surface area contributed by atoms with Crippen molar-refractivity contribution in [2.24, 2.45) is 5.92 Å². The van der Waals surface area contributed by atoms with E-state index in [-0.39, 0.29) is 0 Å². The van der Waals surface area contributed by atoms with Crippen molar-refractivity contribution in [2.75, 3.05) is 19.6 Å². The molecule has 0 atom stereocenters. The maximum Gasteiger partial charge on any atom is 0.0334 e. The Balaban J connectivity index is 2.09. The molecule has 1 saturated heterocycles. The van der Waals surface area contributed by atoms with E-state index < -0.39 is 0 Å². The minimum Gasteiger partial charge on any atom is -0.308 e. The van der Waals surface area contributed by atoms with Crippen LogP contribution in [0.3, 0.4) is 0 Å². The van der Waals surface area contributed by atoms with Crippen molar-refractivity contribution in [1.82, 2.24) is 10.2 Å². The van der Waals surface area contributed by atoms with E-state index in [2.05, 4.69) is 37.9 Å². The number of piperazine rings is 1. The maximum absolute atomic E-state index is 3.94. The van der Waals surface area contributed by atoms with Gasteiger partial charge in [0.05, 0.1) is 0 Å². The van der Waals surface area contributed by atoms with Gasteiger partial charge in [0.25, 0.3) is 0 Å². The first-order valence-corrected chi connectivity index (χ1v) is 8.56.